The van der Waals surface area contributed by atoms with Gasteiger partial charge in [0.25, 0.3) is 0 Å². The summed E-state index contributed by atoms with van der Waals surface area (Å²) in [5, 5.41) is 0. The lowest BCUT2D eigenvalue weighted by Gasteiger charge is -2.21. The van der Waals surface area contributed by atoms with E-state index >= 15 is 0 Å². The van der Waals surface area contributed by atoms with E-state index in [9.17, 15) is 0 Å². The number of nitrogens with zero attached hydrogens (tertiary/aromatic N) is 2. The highest BCUT2D eigenvalue weighted by atomic mass is 32.1. The lowest BCUT2D eigenvalue weighted by Crippen LogP contribution is -2.21. The summed E-state index contributed by atoms with van der Waals surface area (Å²) in [7, 11) is 0. The van der Waals surface area contributed by atoms with Crippen LogP contribution in [-0.2, 0) is 0 Å². The largest absolute Gasteiger partial charge is 0.372 e. The third kappa shape index (κ3) is 2.47. The highest BCUT2D eigenvalue weighted by Crippen LogP contribution is 2.22. The number of anilines is 1. The Morgan fingerprint density at radius 1 is 1.00 bits per heavy atom. The van der Waals surface area contributed by atoms with Crippen molar-refractivity contribution in [3.8, 4) is 5.69 Å². The van der Waals surface area contributed by atoms with Crippen LogP contribution in [0.1, 0.15) is 13.8 Å². The molecule has 108 valence electrons. The van der Waals surface area contributed by atoms with E-state index in [0.717, 1.165) is 34.6 Å². The predicted molar refractivity (Wildman–Crippen MR) is 92.0 cm³/mol. The Morgan fingerprint density at radius 3 is 2.33 bits per heavy atom. The molecule has 0 atom stereocenters. The Hall–Kier alpha value is -2.07. The number of imidazole rings is 1. The van der Waals surface area contributed by atoms with Crippen LogP contribution in [0.2, 0.25) is 0 Å². The van der Waals surface area contributed by atoms with Gasteiger partial charge in [0.15, 0.2) is 4.77 Å². The van der Waals surface area contributed by atoms with Crippen molar-refractivity contribution in [1.82, 2.24) is 9.55 Å². The van der Waals surface area contributed by atoms with E-state index in [1.807, 2.05) is 18.2 Å². The van der Waals surface area contributed by atoms with Crippen molar-refractivity contribution in [1.29, 1.82) is 0 Å². The Balaban J connectivity index is 2.07. The van der Waals surface area contributed by atoms with Crippen molar-refractivity contribution in [3.05, 3.63) is 53.3 Å². The molecule has 0 bridgehead atoms. The third-order valence-corrected chi connectivity index (χ3v) is 4.11. The van der Waals surface area contributed by atoms with Crippen LogP contribution in [0.3, 0.4) is 0 Å². The normalized spacial score (nSPS) is 11.0. The van der Waals surface area contributed by atoms with Gasteiger partial charge in [0, 0.05) is 24.5 Å². The van der Waals surface area contributed by atoms with Gasteiger partial charge < -0.3 is 9.88 Å². The molecule has 3 aromatic rings. The number of para-hydroxylation sites is 2. The fraction of sp³-hybridized carbons (Fsp3) is 0.235. The standard InChI is InChI=1S/C17H19N3S/c1-3-19(4-2)13-9-11-14(12-10-13)20-16-8-6-5-7-15(16)18-17(20)21/h5-12H,3-4H2,1-2H3,(H,18,21). The SMILES string of the molecule is CCN(CC)c1ccc(-n2c(=S)[nH]c3ccccc32)cc1. The quantitative estimate of drug-likeness (QED) is 0.715. The molecular formula is C17H19N3S. The fourth-order valence-electron chi connectivity index (χ4n) is 2.71. The molecule has 0 fully saturated rings. The Morgan fingerprint density at radius 2 is 1.67 bits per heavy atom. The summed E-state index contributed by atoms with van der Waals surface area (Å²) in [6.07, 6.45) is 0. The maximum atomic E-state index is 5.46. The summed E-state index contributed by atoms with van der Waals surface area (Å²) in [4.78, 5) is 5.58. The van der Waals surface area contributed by atoms with E-state index in [1.165, 1.54) is 5.69 Å². The van der Waals surface area contributed by atoms with E-state index in [-0.39, 0.29) is 0 Å². The van der Waals surface area contributed by atoms with Crippen molar-refractivity contribution in [2.75, 3.05) is 18.0 Å². The van der Waals surface area contributed by atoms with Gasteiger partial charge in [-0.05, 0) is 62.5 Å². The molecule has 0 unspecified atom stereocenters. The Kier molecular flexibility index (Phi) is 3.80. The van der Waals surface area contributed by atoms with Crippen molar-refractivity contribution in [2.45, 2.75) is 13.8 Å². The van der Waals surface area contributed by atoms with E-state index in [0.29, 0.717) is 0 Å². The number of hydrogen-bond acceptors (Lipinski definition) is 2. The van der Waals surface area contributed by atoms with Crippen LogP contribution in [-0.4, -0.2) is 22.6 Å². The van der Waals surface area contributed by atoms with Crippen molar-refractivity contribution in [2.24, 2.45) is 0 Å². The molecule has 1 heterocycles. The van der Waals surface area contributed by atoms with Gasteiger partial charge in [-0.3, -0.25) is 4.57 Å². The second kappa shape index (κ2) is 5.74. The van der Waals surface area contributed by atoms with Crippen LogP contribution >= 0.6 is 12.2 Å². The number of aromatic nitrogens is 2. The monoisotopic (exact) mass is 297 g/mol. The molecule has 0 saturated carbocycles. The number of rotatable bonds is 4. The zero-order valence-corrected chi connectivity index (χ0v) is 13.2. The molecular weight excluding hydrogens is 278 g/mol. The average Bonchev–Trinajstić information content (AvgIpc) is 2.85. The molecule has 1 aromatic heterocycles. The first kappa shape index (κ1) is 13.9. The number of benzene rings is 2. The maximum absolute atomic E-state index is 5.46. The molecule has 0 radical (unpaired) electrons. The summed E-state index contributed by atoms with van der Waals surface area (Å²) in [6, 6.07) is 16.8. The van der Waals surface area contributed by atoms with Crippen molar-refractivity contribution < 1.29 is 0 Å². The second-order valence-electron chi connectivity index (χ2n) is 4.97. The van der Waals surface area contributed by atoms with Crippen LogP contribution in [0, 0.1) is 4.77 Å². The Labute approximate surface area is 129 Å². The lowest BCUT2D eigenvalue weighted by atomic mass is 10.2. The van der Waals surface area contributed by atoms with Gasteiger partial charge in [-0.25, -0.2) is 0 Å². The minimum atomic E-state index is 0.729. The molecule has 3 nitrogen and oxygen atoms in total. The van der Waals surface area contributed by atoms with E-state index in [2.05, 4.69) is 58.6 Å². The zero-order chi connectivity index (χ0) is 14.8. The number of fused-ring (bicyclic) bond motifs is 1. The summed E-state index contributed by atoms with van der Waals surface area (Å²) < 4.78 is 2.81. The lowest BCUT2D eigenvalue weighted by molar-refractivity contribution is 0.866. The average molecular weight is 297 g/mol. The van der Waals surface area contributed by atoms with E-state index in [4.69, 9.17) is 12.2 Å². The summed E-state index contributed by atoms with van der Waals surface area (Å²) in [5.41, 5.74) is 4.51. The third-order valence-electron chi connectivity index (χ3n) is 3.83. The number of nitrogens with one attached hydrogen (secondary N) is 1. The van der Waals surface area contributed by atoms with E-state index in [1.54, 1.807) is 0 Å². The molecule has 0 aliphatic carbocycles. The maximum Gasteiger partial charge on any atom is 0.182 e. The summed E-state index contributed by atoms with van der Waals surface area (Å²) >= 11 is 5.46. The van der Waals surface area contributed by atoms with Gasteiger partial charge in [0.05, 0.1) is 11.0 Å². The van der Waals surface area contributed by atoms with Crippen LogP contribution in [0.5, 0.6) is 0 Å². The van der Waals surface area contributed by atoms with Gasteiger partial charge >= 0.3 is 0 Å². The highest BCUT2D eigenvalue weighted by molar-refractivity contribution is 7.71. The van der Waals surface area contributed by atoms with Crippen LogP contribution in [0.15, 0.2) is 48.5 Å². The zero-order valence-electron chi connectivity index (χ0n) is 12.3. The summed E-state index contributed by atoms with van der Waals surface area (Å²) in [6.45, 7) is 6.38. The molecule has 0 aliphatic heterocycles. The smallest absolute Gasteiger partial charge is 0.182 e. The van der Waals surface area contributed by atoms with Gasteiger partial charge in [-0.15, -0.1) is 0 Å². The number of hydrogen-bond donors (Lipinski definition) is 1. The molecule has 2 aromatic carbocycles. The minimum Gasteiger partial charge on any atom is -0.372 e. The van der Waals surface area contributed by atoms with Gasteiger partial charge in [-0.1, -0.05) is 12.1 Å². The van der Waals surface area contributed by atoms with Gasteiger partial charge in [0.1, 0.15) is 0 Å². The molecule has 0 aliphatic rings. The Bertz CT molecular complexity index is 795. The molecule has 0 amide bonds. The molecule has 3 rings (SSSR count). The van der Waals surface area contributed by atoms with E-state index < -0.39 is 0 Å². The molecule has 4 heteroatoms. The first-order valence-corrected chi connectivity index (χ1v) is 7.70. The second-order valence-corrected chi connectivity index (χ2v) is 5.36. The molecule has 21 heavy (non-hydrogen) atoms. The van der Waals surface area contributed by atoms with Crippen LogP contribution in [0.4, 0.5) is 5.69 Å². The van der Waals surface area contributed by atoms with Gasteiger partial charge in [0.2, 0.25) is 0 Å². The van der Waals surface area contributed by atoms with Crippen LogP contribution < -0.4 is 4.90 Å². The number of aromatic amines is 1. The molecule has 1 N–H and O–H groups in total. The first-order chi connectivity index (χ1) is 10.2. The highest BCUT2D eigenvalue weighted by Gasteiger charge is 2.07. The molecule has 0 spiro atoms. The summed E-state index contributed by atoms with van der Waals surface area (Å²) in [5.74, 6) is 0. The predicted octanol–water partition coefficient (Wildman–Crippen LogP) is 4.53. The first-order valence-electron chi connectivity index (χ1n) is 7.29. The number of H-pyrrole nitrogens is 1. The van der Waals surface area contributed by atoms with Crippen molar-refractivity contribution >= 4 is 28.9 Å². The molecule has 0 saturated heterocycles. The van der Waals surface area contributed by atoms with Crippen LogP contribution in [0.25, 0.3) is 16.7 Å². The minimum absolute atomic E-state index is 0.729. The van der Waals surface area contributed by atoms with Crippen molar-refractivity contribution in [3.63, 3.8) is 0 Å². The fourth-order valence-corrected chi connectivity index (χ4v) is 3.03. The van der Waals surface area contributed by atoms with Gasteiger partial charge in [-0.2, -0.15) is 0 Å². The topological polar surface area (TPSA) is 24.0 Å².